The molecular weight excluding hydrogens is 430 g/mol. The Balaban J connectivity index is 1.50. The summed E-state index contributed by atoms with van der Waals surface area (Å²) in [4.78, 5) is 24.2. The van der Waals surface area contributed by atoms with E-state index < -0.39 is 15.9 Å². The van der Waals surface area contributed by atoms with Crippen molar-refractivity contribution < 1.29 is 22.7 Å². The maximum Gasteiger partial charge on any atom is 0.262 e. The van der Waals surface area contributed by atoms with E-state index in [2.05, 4.69) is 10.6 Å². The van der Waals surface area contributed by atoms with Crippen LogP contribution in [0.2, 0.25) is 5.02 Å². The number of fused-ring (bicyclic) bond motifs is 1. The number of ether oxygens (including phenoxy) is 1. The zero-order valence-electron chi connectivity index (χ0n) is 15.9. The van der Waals surface area contributed by atoms with Crippen molar-refractivity contribution in [1.29, 1.82) is 0 Å². The molecule has 2 aromatic carbocycles. The maximum atomic E-state index is 13.1. The van der Waals surface area contributed by atoms with Crippen molar-refractivity contribution in [3.05, 3.63) is 47.5 Å². The number of amides is 2. The first kappa shape index (κ1) is 20.6. The van der Waals surface area contributed by atoms with Crippen LogP contribution >= 0.6 is 11.6 Å². The Labute approximate surface area is 179 Å². The predicted octanol–water partition coefficient (Wildman–Crippen LogP) is 2.71. The van der Waals surface area contributed by atoms with Gasteiger partial charge in [-0.25, -0.2) is 8.42 Å². The van der Waals surface area contributed by atoms with E-state index in [0.717, 1.165) is 0 Å². The number of hydrogen-bond donors (Lipinski definition) is 2. The molecule has 0 aliphatic carbocycles. The van der Waals surface area contributed by atoms with Gasteiger partial charge in [0.05, 0.1) is 16.5 Å². The predicted molar refractivity (Wildman–Crippen MR) is 112 cm³/mol. The second kappa shape index (κ2) is 8.25. The Morgan fingerprint density at radius 3 is 2.87 bits per heavy atom. The molecule has 1 atom stereocenters. The summed E-state index contributed by atoms with van der Waals surface area (Å²) in [5.41, 5.74) is 0.887. The van der Waals surface area contributed by atoms with E-state index in [1.165, 1.54) is 22.5 Å². The molecule has 2 heterocycles. The minimum absolute atomic E-state index is 0.0444. The third kappa shape index (κ3) is 4.28. The van der Waals surface area contributed by atoms with Crippen molar-refractivity contribution in [3.8, 4) is 5.75 Å². The zero-order chi connectivity index (χ0) is 21.3. The van der Waals surface area contributed by atoms with Gasteiger partial charge in [-0.1, -0.05) is 17.7 Å². The number of piperidine rings is 1. The first-order valence-corrected chi connectivity index (χ1v) is 11.3. The highest BCUT2D eigenvalue weighted by Gasteiger charge is 2.34. The van der Waals surface area contributed by atoms with Gasteiger partial charge in [0.25, 0.3) is 5.91 Å². The minimum atomic E-state index is -3.83. The Hall–Kier alpha value is -2.62. The molecule has 10 heteroatoms. The zero-order valence-corrected chi connectivity index (χ0v) is 17.5. The van der Waals surface area contributed by atoms with Crippen LogP contribution in [0.1, 0.15) is 12.8 Å². The van der Waals surface area contributed by atoms with Crippen LogP contribution in [-0.2, 0) is 19.6 Å². The lowest BCUT2D eigenvalue weighted by Crippen LogP contribution is -2.43. The third-order valence-electron chi connectivity index (χ3n) is 5.07. The molecule has 30 heavy (non-hydrogen) atoms. The van der Waals surface area contributed by atoms with E-state index in [1.54, 1.807) is 24.3 Å². The van der Waals surface area contributed by atoms with Crippen LogP contribution in [0.5, 0.6) is 5.75 Å². The molecular formula is C20H20ClN3O5S. The standard InChI is InChI=1S/C20H20ClN3O5S/c21-14-4-1-5-15(9-14)22-20(26)13-3-2-8-24(11-13)30(27,28)16-6-7-18-17(10-16)23-19(25)12-29-18/h1,4-7,9-10,13H,2-3,8,11-12H2,(H,22,26)(H,23,25)/t13-/m0/s1. The third-order valence-corrected chi connectivity index (χ3v) is 7.16. The molecule has 8 nitrogen and oxygen atoms in total. The fraction of sp³-hybridized carbons (Fsp3) is 0.300. The van der Waals surface area contributed by atoms with Crippen LogP contribution in [-0.4, -0.2) is 44.2 Å². The molecule has 2 N–H and O–H groups in total. The Morgan fingerprint density at radius 1 is 1.23 bits per heavy atom. The second-order valence-corrected chi connectivity index (χ2v) is 9.57. The summed E-state index contributed by atoms with van der Waals surface area (Å²) < 4.78 is 32.9. The Bertz CT molecular complexity index is 1110. The van der Waals surface area contributed by atoms with Gasteiger partial charge >= 0.3 is 0 Å². The molecule has 0 aromatic heterocycles. The number of sulfonamides is 1. The average Bonchev–Trinajstić information content (AvgIpc) is 2.73. The van der Waals surface area contributed by atoms with Crippen LogP contribution in [0, 0.1) is 5.92 Å². The summed E-state index contributed by atoms with van der Waals surface area (Å²) >= 11 is 5.95. The normalized spacial score (nSPS) is 19.4. The molecule has 0 bridgehead atoms. The van der Waals surface area contributed by atoms with Gasteiger partial charge in [-0.05, 0) is 49.2 Å². The number of halogens is 1. The molecule has 2 aliphatic rings. The molecule has 0 unspecified atom stereocenters. The number of nitrogens with zero attached hydrogens (tertiary/aromatic N) is 1. The fourth-order valence-electron chi connectivity index (χ4n) is 3.56. The summed E-state index contributed by atoms with van der Waals surface area (Å²) in [7, 11) is -3.83. The van der Waals surface area contributed by atoms with Gasteiger partial charge in [-0.2, -0.15) is 4.31 Å². The average molecular weight is 450 g/mol. The summed E-state index contributed by atoms with van der Waals surface area (Å²) in [6, 6.07) is 11.2. The number of hydrogen-bond acceptors (Lipinski definition) is 5. The van der Waals surface area contributed by atoms with E-state index in [4.69, 9.17) is 16.3 Å². The summed E-state index contributed by atoms with van der Waals surface area (Å²) in [6.45, 7) is 0.298. The number of nitrogens with one attached hydrogen (secondary N) is 2. The molecule has 4 rings (SSSR count). The number of carbonyl (C=O) groups is 2. The molecule has 1 saturated heterocycles. The topological polar surface area (TPSA) is 105 Å². The van der Waals surface area contributed by atoms with Crippen LogP contribution in [0.25, 0.3) is 0 Å². The molecule has 0 radical (unpaired) electrons. The van der Waals surface area contributed by atoms with E-state index >= 15 is 0 Å². The van der Waals surface area contributed by atoms with Crippen LogP contribution in [0.3, 0.4) is 0 Å². The lowest BCUT2D eigenvalue weighted by molar-refractivity contribution is -0.121. The monoisotopic (exact) mass is 449 g/mol. The van der Waals surface area contributed by atoms with Gasteiger partial charge in [0, 0.05) is 23.8 Å². The SMILES string of the molecule is O=C1COc2ccc(S(=O)(=O)N3CCC[C@H](C(=O)Nc4cccc(Cl)c4)C3)cc2N1. The van der Waals surface area contributed by atoms with E-state index in [-0.39, 0.29) is 29.9 Å². The largest absolute Gasteiger partial charge is 0.482 e. The van der Waals surface area contributed by atoms with Gasteiger partial charge in [0.2, 0.25) is 15.9 Å². The van der Waals surface area contributed by atoms with Gasteiger partial charge in [-0.15, -0.1) is 0 Å². The highest BCUT2D eigenvalue weighted by atomic mass is 35.5. The van der Waals surface area contributed by atoms with E-state index in [9.17, 15) is 18.0 Å². The molecule has 2 amide bonds. The van der Waals surface area contributed by atoms with Crippen LogP contribution in [0.15, 0.2) is 47.4 Å². The Morgan fingerprint density at radius 2 is 2.07 bits per heavy atom. The summed E-state index contributed by atoms with van der Waals surface area (Å²) in [5.74, 6) is -0.643. The van der Waals surface area contributed by atoms with Crippen molar-refractivity contribution in [3.63, 3.8) is 0 Å². The highest BCUT2D eigenvalue weighted by molar-refractivity contribution is 7.89. The molecule has 0 spiro atoms. The molecule has 2 aromatic rings. The maximum absolute atomic E-state index is 13.1. The molecule has 2 aliphatic heterocycles. The van der Waals surface area contributed by atoms with E-state index in [0.29, 0.717) is 41.5 Å². The number of anilines is 2. The first-order valence-electron chi connectivity index (χ1n) is 9.46. The lowest BCUT2D eigenvalue weighted by atomic mass is 9.99. The summed E-state index contributed by atoms with van der Waals surface area (Å²) in [6.07, 6.45) is 1.16. The number of carbonyl (C=O) groups excluding carboxylic acids is 2. The number of rotatable bonds is 4. The van der Waals surface area contributed by atoms with Gasteiger partial charge < -0.3 is 15.4 Å². The smallest absolute Gasteiger partial charge is 0.262 e. The van der Waals surface area contributed by atoms with Gasteiger partial charge in [-0.3, -0.25) is 9.59 Å². The molecule has 0 saturated carbocycles. The summed E-state index contributed by atoms with van der Waals surface area (Å²) in [5, 5.41) is 5.92. The van der Waals surface area contributed by atoms with Gasteiger partial charge in [0.15, 0.2) is 6.61 Å². The minimum Gasteiger partial charge on any atom is -0.482 e. The van der Waals surface area contributed by atoms with Crippen molar-refractivity contribution in [2.45, 2.75) is 17.7 Å². The van der Waals surface area contributed by atoms with Crippen molar-refractivity contribution in [2.24, 2.45) is 5.92 Å². The van der Waals surface area contributed by atoms with Crippen molar-refractivity contribution >= 4 is 44.8 Å². The second-order valence-electron chi connectivity index (χ2n) is 7.20. The van der Waals surface area contributed by atoms with Crippen LogP contribution in [0.4, 0.5) is 11.4 Å². The quantitative estimate of drug-likeness (QED) is 0.746. The van der Waals surface area contributed by atoms with Crippen LogP contribution < -0.4 is 15.4 Å². The van der Waals surface area contributed by atoms with E-state index in [1.807, 2.05) is 0 Å². The lowest BCUT2D eigenvalue weighted by Gasteiger charge is -2.31. The number of benzene rings is 2. The van der Waals surface area contributed by atoms with Crippen molar-refractivity contribution in [2.75, 3.05) is 30.3 Å². The molecule has 1 fully saturated rings. The Kier molecular flexibility index (Phi) is 5.68. The fourth-order valence-corrected chi connectivity index (χ4v) is 5.30. The van der Waals surface area contributed by atoms with Gasteiger partial charge in [0.1, 0.15) is 5.75 Å². The highest BCUT2D eigenvalue weighted by Crippen LogP contribution is 2.32. The first-order chi connectivity index (χ1) is 14.3. The molecule has 158 valence electrons. The van der Waals surface area contributed by atoms with Crippen molar-refractivity contribution in [1.82, 2.24) is 4.31 Å².